The summed E-state index contributed by atoms with van der Waals surface area (Å²) in [6, 6.07) is 8.35. The highest BCUT2D eigenvalue weighted by Crippen LogP contribution is 2.28. The molecule has 20 heavy (non-hydrogen) atoms. The number of benzene rings is 1. The zero-order valence-corrected chi connectivity index (χ0v) is 12.3. The predicted octanol–water partition coefficient (Wildman–Crippen LogP) is 2.84. The van der Waals surface area contributed by atoms with E-state index in [4.69, 9.17) is 9.84 Å². The van der Waals surface area contributed by atoms with Gasteiger partial charge in [0.2, 0.25) is 0 Å². The molecule has 1 aromatic carbocycles. The number of aliphatic hydroxyl groups excluding tert-OH is 1. The van der Waals surface area contributed by atoms with Gasteiger partial charge in [0, 0.05) is 30.8 Å². The van der Waals surface area contributed by atoms with E-state index in [9.17, 15) is 0 Å². The second-order valence-electron chi connectivity index (χ2n) is 5.09. The molecule has 1 N–H and O–H groups in total. The lowest BCUT2D eigenvalue weighted by atomic mass is 10.1. The van der Waals surface area contributed by atoms with Crippen LogP contribution in [0.15, 0.2) is 30.5 Å². The molecule has 0 spiro atoms. The van der Waals surface area contributed by atoms with Gasteiger partial charge in [-0.3, -0.25) is 0 Å². The van der Waals surface area contributed by atoms with E-state index in [1.54, 1.807) is 7.11 Å². The molecule has 0 amide bonds. The molecule has 0 aliphatic carbocycles. The van der Waals surface area contributed by atoms with Crippen molar-refractivity contribution in [2.45, 2.75) is 26.3 Å². The Labute approximate surface area is 120 Å². The second kappa shape index (κ2) is 6.57. The fourth-order valence-electron chi connectivity index (χ4n) is 2.35. The van der Waals surface area contributed by atoms with Gasteiger partial charge in [-0.1, -0.05) is 0 Å². The van der Waals surface area contributed by atoms with Crippen LogP contribution in [0, 0.1) is 0 Å². The van der Waals surface area contributed by atoms with E-state index in [2.05, 4.69) is 23.7 Å². The maximum absolute atomic E-state index is 9.06. The molecule has 0 bridgehead atoms. The molecule has 0 radical (unpaired) electrons. The van der Waals surface area contributed by atoms with Crippen molar-refractivity contribution >= 4 is 16.6 Å². The number of methoxy groups -OCH3 is 1. The molecular formula is C16H22N2O2. The van der Waals surface area contributed by atoms with Crippen molar-refractivity contribution in [2.24, 2.45) is 0 Å². The fourth-order valence-corrected chi connectivity index (χ4v) is 2.35. The SMILES string of the molecule is COc1ccc2c(N(CCCO)C(C)C)nccc2c1. The number of nitrogens with zero attached hydrogens (tertiary/aromatic N) is 2. The molecule has 2 rings (SSSR count). The number of aromatic nitrogens is 1. The molecule has 0 unspecified atom stereocenters. The summed E-state index contributed by atoms with van der Waals surface area (Å²) in [5.74, 6) is 1.81. The van der Waals surface area contributed by atoms with Crippen molar-refractivity contribution in [1.82, 2.24) is 4.98 Å². The standard InChI is InChI=1S/C16H22N2O2/c1-12(2)18(9-4-10-19)16-15-6-5-14(20-3)11-13(15)7-8-17-16/h5-8,11-12,19H,4,9-10H2,1-3H3. The number of hydrogen-bond acceptors (Lipinski definition) is 4. The molecule has 1 heterocycles. The van der Waals surface area contributed by atoms with Gasteiger partial charge in [-0.05, 0) is 49.9 Å². The average molecular weight is 274 g/mol. The Balaban J connectivity index is 2.46. The third kappa shape index (κ3) is 3.02. The Morgan fingerprint density at radius 1 is 1.30 bits per heavy atom. The fraction of sp³-hybridized carbons (Fsp3) is 0.438. The van der Waals surface area contributed by atoms with Crippen LogP contribution < -0.4 is 9.64 Å². The first-order valence-corrected chi connectivity index (χ1v) is 6.97. The van der Waals surface area contributed by atoms with Gasteiger partial charge < -0.3 is 14.7 Å². The largest absolute Gasteiger partial charge is 0.497 e. The number of rotatable bonds is 6. The van der Waals surface area contributed by atoms with Crippen LogP contribution in [-0.4, -0.2) is 36.4 Å². The Kier molecular flexibility index (Phi) is 4.79. The number of hydrogen-bond donors (Lipinski definition) is 1. The number of fused-ring (bicyclic) bond motifs is 1. The van der Waals surface area contributed by atoms with Crippen LogP contribution in [0.4, 0.5) is 5.82 Å². The maximum atomic E-state index is 9.06. The normalized spacial score (nSPS) is 11.1. The van der Waals surface area contributed by atoms with Crippen molar-refractivity contribution in [2.75, 3.05) is 25.2 Å². The predicted molar refractivity (Wildman–Crippen MR) is 82.5 cm³/mol. The van der Waals surface area contributed by atoms with Crippen LogP contribution in [0.3, 0.4) is 0 Å². The molecule has 0 atom stereocenters. The van der Waals surface area contributed by atoms with Gasteiger partial charge >= 0.3 is 0 Å². The second-order valence-corrected chi connectivity index (χ2v) is 5.09. The van der Waals surface area contributed by atoms with Crippen LogP contribution in [0.5, 0.6) is 5.75 Å². The summed E-state index contributed by atoms with van der Waals surface area (Å²) in [4.78, 5) is 6.77. The molecule has 0 aliphatic heterocycles. The van der Waals surface area contributed by atoms with E-state index in [1.165, 1.54) is 0 Å². The number of ether oxygens (including phenoxy) is 1. The lowest BCUT2D eigenvalue weighted by molar-refractivity contribution is 0.288. The van der Waals surface area contributed by atoms with E-state index >= 15 is 0 Å². The monoisotopic (exact) mass is 274 g/mol. The van der Waals surface area contributed by atoms with Crippen molar-refractivity contribution in [3.8, 4) is 5.75 Å². The van der Waals surface area contributed by atoms with E-state index < -0.39 is 0 Å². The molecule has 1 aromatic heterocycles. The minimum absolute atomic E-state index is 0.196. The average Bonchev–Trinajstić information content (AvgIpc) is 2.46. The Morgan fingerprint density at radius 2 is 2.10 bits per heavy atom. The topological polar surface area (TPSA) is 45.6 Å². The third-order valence-corrected chi connectivity index (χ3v) is 3.40. The van der Waals surface area contributed by atoms with Crippen LogP contribution in [0.25, 0.3) is 10.8 Å². The summed E-state index contributed by atoms with van der Waals surface area (Å²) >= 11 is 0. The first kappa shape index (κ1) is 14.6. The zero-order valence-electron chi connectivity index (χ0n) is 12.3. The van der Waals surface area contributed by atoms with Gasteiger partial charge in [0.15, 0.2) is 0 Å². The van der Waals surface area contributed by atoms with Crippen molar-refractivity contribution < 1.29 is 9.84 Å². The lowest BCUT2D eigenvalue weighted by Gasteiger charge is -2.28. The molecule has 0 saturated carbocycles. The molecule has 108 valence electrons. The summed E-state index contributed by atoms with van der Waals surface area (Å²) < 4.78 is 5.27. The van der Waals surface area contributed by atoms with Crippen molar-refractivity contribution in [3.05, 3.63) is 30.5 Å². The molecular weight excluding hydrogens is 252 g/mol. The Hall–Kier alpha value is -1.81. The van der Waals surface area contributed by atoms with Crippen molar-refractivity contribution in [3.63, 3.8) is 0 Å². The van der Waals surface area contributed by atoms with Crippen LogP contribution >= 0.6 is 0 Å². The summed E-state index contributed by atoms with van der Waals surface area (Å²) in [7, 11) is 1.67. The van der Waals surface area contributed by atoms with Crippen LogP contribution in [0.1, 0.15) is 20.3 Å². The van der Waals surface area contributed by atoms with E-state index in [1.807, 2.05) is 30.5 Å². The van der Waals surface area contributed by atoms with Gasteiger partial charge in [-0.15, -0.1) is 0 Å². The summed E-state index contributed by atoms with van der Waals surface area (Å²) in [6.07, 6.45) is 2.57. The smallest absolute Gasteiger partial charge is 0.136 e. The van der Waals surface area contributed by atoms with Gasteiger partial charge in [0.05, 0.1) is 7.11 Å². The molecule has 2 aromatic rings. The first-order chi connectivity index (χ1) is 9.67. The Bertz CT molecular complexity index is 569. The van der Waals surface area contributed by atoms with Crippen LogP contribution in [0.2, 0.25) is 0 Å². The third-order valence-electron chi connectivity index (χ3n) is 3.40. The van der Waals surface area contributed by atoms with Gasteiger partial charge in [0.1, 0.15) is 11.6 Å². The van der Waals surface area contributed by atoms with Gasteiger partial charge in [-0.2, -0.15) is 0 Å². The van der Waals surface area contributed by atoms with E-state index in [0.29, 0.717) is 6.04 Å². The highest BCUT2D eigenvalue weighted by molar-refractivity contribution is 5.93. The zero-order chi connectivity index (χ0) is 14.5. The lowest BCUT2D eigenvalue weighted by Crippen LogP contribution is -2.33. The summed E-state index contributed by atoms with van der Waals surface area (Å²) in [6.45, 7) is 5.27. The number of anilines is 1. The first-order valence-electron chi connectivity index (χ1n) is 6.97. The highest BCUT2D eigenvalue weighted by atomic mass is 16.5. The molecule has 4 nitrogen and oxygen atoms in total. The minimum atomic E-state index is 0.196. The molecule has 0 fully saturated rings. The summed E-state index contributed by atoms with van der Waals surface area (Å²) in [5.41, 5.74) is 0. The maximum Gasteiger partial charge on any atom is 0.136 e. The van der Waals surface area contributed by atoms with Crippen molar-refractivity contribution in [1.29, 1.82) is 0 Å². The Morgan fingerprint density at radius 3 is 2.75 bits per heavy atom. The van der Waals surface area contributed by atoms with E-state index in [0.717, 1.165) is 35.3 Å². The number of aliphatic hydroxyl groups is 1. The van der Waals surface area contributed by atoms with E-state index in [-0.39, 0.29) is 6.61 Å². The van der Waals surface area contributed by atoms with Crippen LogP contribution in [-0.2, 0) is 0 Å². The minimum Gasteiger partial charge on any atom is -0.497 e. The molecule has 4 heteroatoms. The quantitative estimate of drug-likeness (QED) is 0.880. The van der Waals surface area contributed by atoms with Gasteiger partial charge in [-0.25, -0.2) is 4.98 Å². The molecule has 0 saturated heterocycles. The highest BCUT2D eigenvalue weighted by Gasteiger charge is 2.14. The van der Waals surface area contributed by atoms with Gasteiger partial charge in [0.25, 0.3) is 0 Å². The summed E-state index contributed by atoms with van der Waals surface area (Å²) in [5, 5.41) is 11.3. The number of pyridine rings is 1. The molecule has 0 aliphatic rings.